The third-order valence-corrected chi connectivity index (χ3v) is 4.47. The minimum absolute atomic E-state index is 0.0792. The van der Waals surface area contributed by atoms with Gasteiger partial charge in [0.25, 0.3) is 5.91 Å². The van der Waals surface area contributed by atoms with Crippen molar-refractivity contribution in [1.29, 1.82) is 0 Å². The van der Waals surface area contributed by atoms with Gasteiger partial charge in [0.2, 0.25) is 0 Å². The van der Waals surface area contributed by atoms with E-state index in [1.54, 1.807) is 36.9 Å². The Labute approximate surface area is 144 Å². The molecule has 1 unspecified atom stereocenters. The summed E-state index contributed by atoms with van der Waals surface area (Å²) in [7, 11) is 0. The van der Waals surface area contributed by atoms with Crippen LogP contribution in [0.15, 0.2) is 22.6 Å². The van der Waals surface area contributed by atoms with Gasteiger partial charge in [-0.2, -0.15) is 0 Å². The molecule has 23 heavy (non-hydrogen) atoms. The molecule has 1 aliphatic heterocycles. The van der Waals surface area contributed by atoms with Crippen molar-refractivity contribution < 1.29 is 13.9 Å². The molecule has 1 aromatic carbocycles. The molecule has 0 saturated carbocycles. The Kier molecular flexibility index (Phi) is 4.50. The smallest absolute Gasteiger partial charge is 0.276 e. The normalized spacial score (nSPS) is 17.6. The molecule has 0 radical (unpaired) electrons. The summed E-state index contributed by atoms with van der Waals surface area (Å²) >= 11 is 11.9. The number of aryl methyl sites for hydroxylation is 2. The van der Waals surface area contributed by atoms with Crippen LogP contribution in [0.5, 0.6) is 5.75 Å². The van der Waals surface area contributed by atoms with Crippen LogP contribution in [-0.4, -0.2) is 35.0 Å². The van der Waals surface area contributed by atoms with Crippen LogP contribution in [0.2, 0.25) is 10.0 Å². The van der Waals surface area contributed by atoms with Crippen molar-refractivity contribution in [3.63, 3.8) is 0 Å². The SMILES string of the molecule is Cc1nc(C(=O)N2CCC(Oc3ccc(Cl)c(Cl)c3)C2)c(C)o1. The van der Waals surface area contributed by atoms with E-state index in [1.165, 1.54) is 0 Å². The standard InChI is InChI=1S/C16H16Cl2N2O3/c1-9-15(19-10(2)22-9)16(21)20-6-5-12(8-20)23-11-3-4-13(17)14(18)7-11/h3-4,7,12H,5-6,8H2,1-2H3. The first-order valence-electron chi connectivity index (χ1n) is 7.29. The summed E-state index contributed by atoms with van der Waals surface area (Å²) < 4.78 is 11.2. The van der Waals surface area contributed by atoms with Gasteiger partial charge in [-0.1, -0.05) is 23.2 Å². The molecule has 0 N–H and O–H groups in total. The number of carbonyl (C=O) groups excluding carboxylic acids is 1. The highest BCUT2D eigenvalue weighted by atomic mass is 35.5. The van der Waals surface area contributed by atoms with E-state index in [0.29, 0.717) is 46.2 Å². The van der Waals surface area contributed by atoms with E-state index in [9.17, 15) is 4.79 Å². The van der Waals surface area contributed by atoms with E-state index < -0.39 is 0 Å². The number of rotatable bonds is 3. The van der Waals surface area contributed by atoms with E-state index in [-0.39, 0.29) is 12.0 Å². The predicted octanol–water partition coefficient (Wildman–Crippen LogP) is 3.89. The Hall–Kier alpha value is -1.72. The summed E-state index contributed by atoms with van der Waals surface area (Å²) in [5.74, 6) is 1.56. The van der Waals surface area contributed by atoms with Crippen molar-refractivity contribution in [2.24, 2.45) is 0 Å². The van der Waals surface area contributed by atoms with E-state index in [2.05, 4.69) is 4.98 Å². The Morgan fingerprint density at radius 3 is 2.78 bits per heavy atom. The zero-order valence-corrected chi connectivity index (χ0v) is 14.3. The van der Waals surface area contributed by atoms with Crippen LogP contribution in [0.4, 0.5) is 0 Å². The van der Waals surface area contributed by atoms with Gasteiger partial charge in [-0.15, -0.1) is 0 Å². The van der Waals surface area contributed by atoms with Gasteiger partial charge in [-0.3, -0.25) is 4.79 Å². The molecule has 7 heteroatoms. The maximum atomic E-state index is 12.5. The summed E-state index contributed by atoms with van der Waals surface area (Å²) in [4.78, 5) is 18.4. The van der Waals surface area contributed by atoms with Crippen LogP contribution in [0.1, 0.15) is 28.6 Å². The van der Waals surface area contributed by atoms with Crippen molar-refractivity contribution in [2.75, 3.05) is 13.1 Å². The van der Waals surface area contributed by atoms with E-state index in [0.717, 1.165) is 6.42 Å². The van der Waals surface area contributed by atoms with Gasteiger partial charge in [0.05, 0.1) is 16.6 Å². The number of ether oxygens (including phenoxy) is 1. The molecule has 1 saturated heterocycles. The number of nitrogens with zero attached hydrogens (tertiary/aromatic N) is 2. The topological polar surface area (TPSA) is 55.6 Å². The Bertz CT molecular complexity index is 745. The summed E-state index contributed by atoms with van der Waals surface area (Å²) in [5.41, 5.74) is 0.373. The monoisotopic (exact) mass is 354 g/mol. The highest BCUT2D eigenvalue weighted by Crippen LogP contribution is 2.28. The Morgan fingerprint density at radius 2 is 2.13 bits per heavy atom. The van der Waals surface area contributed by atoms with Crippen molar-refractivity contribution in [1.82, 2.24) is 9.88 Å². The summed E-state index contributed by atoms with van der Waals surface area (Å²) in [5, 5.41) is 0.933. The first-order chi connectivity index (χ1) is 10.9. The molecule has 2 heterocycles. The number of hydrogen-bond donors (Lipinski definition) is 0. The maximum Gasteiger partial charge on any atom is 0.276 e. The number of likely N-dealkylation sites (tertiary alicyclic amines) is 1. The zero-order valence-electron chi connectivity index (χ0n) is 12.8. The second-order valence-electron chi connectivity index (χ2n) is 5.49. The van der Waals surface area contributed by atoms with Gasteiger partial charge in [0.1, 0.15) is 17.6 Å². The maximum absolute atomic E-state index is 12.5. The lowest BCUT2D eigenvalue weighted by Crippen LogP contribution is -2.31. The third kappa shape index (κ3) is 3.46. The van der Waals surface area contributed by atoms with Crippen LogP contribution in [0.3, 0.4) is 0 Å². The van der Waals surface area contributed by atoms with E-state index in [1.807, 2.05) is 0 Å². The fourth-order valence-corrected chi connectivity index (χ4v) is 2.92. The molecule has 1 aromatic heterocycles. The second kappa shape index (κ2) is 6.42. The molecule has 3 rings (SSSR count). The molecule has 5 nitrogen and oxygen atoms in total. The average Bonchev–Trinajstić information content (AvgIpc) is 3.09. The largest absolute Gasteiger partial charge is 0.488 e. The van der Waals surface area contributed by atoms with Gasteiger partial charge >= 0.3 is 0 Å². The van der Waals surface area contributed by atoms with Crippen LogP contribution < -0.4 is 4.74 Å². The third-order valence-electron chi connectivity index (χ3n) is 3.73. The summed E-state index contributed by atoms with van der Waals surface area (Å²) in [6.45, 7) is 4.59. The van der Waals surface area contributed by atoms with Crippen LogP contribution in [-0.2, 0) is 0 Å². The molecule has 1 atom stereocenters. The highest BCUT2D eigenvalue weighted by molar-refractivity contribution is 6.42. The number of halogens is 2. The molecular weight excluding hydrogens is 339 g/mol. The quantitative estimate of drug-likeness (QED) is 0.838. The van der Waals surface area contributed by atoms with Crippen LogP contribution in [0, 0.1) is 13.8 Å². The van der Waals surface area contributed by atoms with Crippen molar-refractivity contribution in [2.45, 2.75) is 26.4 Å². The first kappa shape index (κ1) is 16.1. The Morgan fingerprint density at radius 1 is 1.35 bits per heavy atom. The molecule has 0 spiro atoms. The zero-order chi connectivity index (χ0) is 16.6. The molecule has 122 valence electrons. The van der Waals surface area contributed by atoms with Crippen molar-refractivity contribution in [3.05, 3.63) is 45.6 Å². The van der Waals surface area contributed by atoms with Gasteiger partial charge in [-0.05, 0) is 19.1 Å². The van der Waals surface area contributed by atoms with E-state index in [4.69, 9.17) is 32.4 Å². The molecule has 0 aliphatic carbocycles. The molecule has 2 aromatic rings. The minimum Gasteiger partial charge on any atom is -0.488 e. The number of benzene rings is 1. The van der Waals surface area contributed by atoms with Crippen LogP contribution >= 0.6 is 23.2 Å². The number of hydrogen-bond acceptors (Lipinski definition) is 4. The molecule has 1 aliphatic rings. The van der Waals surface area contributed by atoms with Crippen LogP contribution in [0.25, 0.3) is 0 Å². The summed E-state index contributed by atoms with van der Waals surface area (Å²) in [6.07, 6.45) is 0.673. The molecular formula is C16H16Cl2N2O3. The number of oxazole rings is 1. The minimum atomic E-state index is -0.125. The predicted molar refractivity (Wildman–Crippen MR) is 87.4 cm³/mol. The number of carbonyl (C=O) groups is 1. The van der Waals surface area contributed by atoms with Crippen molar-refractivity contribution >= 4 is 29.1 Å². The number of amides is 1. The molecule has 1 amide bonds. The lowest BCUT2D eigenvalue weighted by atomic mass is 10.3. The lowest BCUT2D eigenvalue weighted by molar-refractivity contribution is 0.0765. The fourth-order valence-electron chi connectivity index (χ4n) is 2.63. The van der Waals surface area contributed by atoms with E-state index >= 15 is 0 Å². The van der Waals surface area contributed by atoms with Gasteiger partial charge in [-0.25, -0.2) is 4.98 Å². The second-order valence-corrected chi connectivity index (χ2v) is 6.31. The van der Waals surface area contributed by atoms with Gasteiger partial charge in [0, 0.05) is 26.0 Å². The molecule has 1 fully saturated rings. The lowest BCUT2D eigenvalue weighted by Gasteiger charge is -2.16. The summed E-state index contributed by atoms with van der Waals surface area (Å²) in [6, 6.07) is 5.14. The highest BCUT2D eigenvalue weighted by Gasteiger charge is 2.30. The average molecular weight is 355 g/mol. The van der Waals surface area contributed by atoms with Gasteiger partial charge in [0.15, 0.2) is 11.6 Å². The Balaban J connectivity index is 1.65. The first-order valence-corrected chi connectivity index (χ1v) is 8.04. The molecule has 0 bridgehead atoms. The van der Waals surface area contributed by atoms with Gasteiger partial charge < -0.3 is 14.1 Å². The van der Waals surface area contributed by atoms with Crippen molar-refractivity contribution in [3.8, 4) is 5.75 Å². The number of aromatic nitrogens is 1. The fraction of sp³-hybridized carbons (Fsp3) is 0.375.